The summed E-state index contributed by atoms with van der Waals surface area (Å²) in [5, 5.41) is 17.4. The molecule has 0 unspecified atom stereocenters. The summed E-state index contributed by atoms with van der Waals surface area (Å²) < 4.78 is 6.75. The van der Waals surface area contributed by atoms with Crippen molar-refractivity contribution in [1.82, 2.24) is 24.5 Å². The first-order valence-corrected chi connectivity index (χ1v) is 12.3. The van der Waals surface area contributed by atoms with Gasteiger partial charge in [-0.2, -0.15) is 10.4 Å². The van der Waals surface area contributed by atoms with Crippen molar-refractivity contribution < 1.29 is 14.3 Å². The number of methoxy groups -OCH3 is 1. The van der Waals surface area contributed by atoms with Gasteiger partial charge < -0.3 is 20.7 Å². The van der Waals surface area contributed by atoms with Crippen molar-refractivity contribution in [1.29, 1.82) is 5.26 Å². The number of rotatable bonds is 6. The lowest BCUT2D eigenvalue weighted by Crippen LogP contribution is -2.40. The van der Waals surface area contributed by atoms with Gasteiger partial charge in [0.2, 0.25) is 5.91 Å². The summed E-state index contributed by atoms with van der Waals surface area (Å²) in [4.78, 5) is 35.4. The third-order valence-corrected chi connectivity index (χ3v) is 7.84. The molecule has 4 atom stereocenters. The largest absolute Gasteiger partial charge is 0.467 e. The zero-order valence-electron chi connectivity index (χ0n) is 21.3. The average molecular weight is 503 g/mol. The van der Waals surface area contributed by atoms with Crippen LogP contribution in [0.3, 0.4) is 0 Å². The molecular weight excluding hydrogens is 472 g/mol. The van der Waals surface area contributed by atoms with Crippen molar-refractivity contribution in [3.63, 3.8) is 0 Å². The van der Waals surface area contributed by atoms with Gasteiger partial charge in [0.1, 0.15) is 5.41 Å². The van der Waals surface area contributed by atoms with Crippen LogP contribution in [0.15, 0.2) is 30.9 Å². The number of carbonyl (C=O) groups excluding carboxylic acids is 2. The highest BCUT2D eigenvalue weighted by atomic mass is 16.5. The third-order valence-electron chi connectivity index (χ3n) is 7.84. The number of likely N-dealkylation sites (tertiary alicyclic amines) is 1. The Labute approximate surface area is 214 Å². The molecule has 3 aromatic rings. The van der Waals surface area contributed by atoms with E-state index in [1.165, 1.54) is 13.3 Å². The Kier molecular flexibility index (Phi) is 5.98. The predicted molar refractivity (Wildman–Crippen MR) is 135 cm³/mol. The Balaban J connectivity index is 1.41. The van der Waals surface area contributed by atoms with Gasteiger partial charge in [0, 0.05) is 48.8 Å². The molecule has 192 valence electrons. The number of aromatic nitrogens is 4. The van der Waals surface area contributed by atoms with Crippen LogP contribution in [0.4, 0.5) is 5.69 Å². The van der Waals surface area contributed by atoms with Crippen LogP contribution in [0, 0.1) is 34.5 Å². The maximum absolute atomic E-state index is 12.8. The number of carbonyl (C=O) groups is 2. The van der Waals surface area contributed by atoms with Gasteiger partial charge in [-0.3, -0.25) is 9.59 Å². The zero-order valence-corrected chi connectivity index (χ0v) is 21.3. The van der Waals surface area contributed by atoms with Crippen LogP contribution >= 0.6 is 0 Å². The van der Waals surface area contributed by atoms with Crippen LogP contribution in [-0.2, 0) is 4.79 Å². The number of nitrogens with zero attached hydrogens (tertiary/aromatic N) is 6. The molecule has 0 radical (unpaired) electrons. The minimum atomic E-state index is -1.03. The molecule has 1 saturated heterocycles. The second-order valence-corrected chi connectivity index (χ2v) is 10.5. The summed E-state index contributed by atoms with van der Waals surface area (Å²) in [5.41, 5.74) is 8.00. The molecule has 11 heteroatoms. The molecule has 4 heterocycles. The molecule has 0 aromatic carbocycles. The van der Waals surface area contributed by atoms with Crippen molar-refractivity contribution in [2.45, 2.75) is 33.2 Å². The van der Waals surface area contributed by atoms with E-state index in [0.29, 0.717) is 36.2 Å². The van der Waals surface area contributed by atoms with E-state index < -0.39 is 11.3 Å². The average Bonchev–Trinajstić information content (AvgIpc) is 3.58. The maximum Gasteiger partial charge on any atom is 0.316 e. The number of fused-ring (bicyclic) bond motifs is 2. The summed E-state index contributed by atoms with van der Waals surface area (Å²) >= 11 is 0. The minimum Gasteiger partial charge on any atom is -0.467 e. The number of hydrogen-bond acceptors (Lipinski definition) is 8. The van der Waals surface area contributed by atoms with E-state index in [0.717, 1.165) is 23.1 Å². The maximum atomic E-state index is 12.8. The lowest BCUT2D eigenvalue weighted by molar-refractivity contribution is -0.136. The molecular formula is C26H30N8O3. The second-order valence-electron chi connectivity index (χ2n) is 10.5. The van der Waals surface area contributed by atoms with Gasteiger partial charge in [-0.15, -0.1) is 0 Å². The summed E-state index contributed by atoms with van der Waals surface area (Å²) in [5.74, 6) is 0.196. The number of nitriles is 1. The quantitative estimate of drug-likeness (QED) is 0.521. The number of ether oxygens (including phenoxy) is 1. The highest BCUT2D eigenvalue weighted by molar-refractivity contribution is 6.02. The van der Waals surface area contributed by atoms with Crippen molar-refractivity contribution in [3.05, 3.63) is 36.4 Å². The van der Waals surface area contributed by atoms with Crippen molar-refractivity contribution in [3.8, 4) is 23.2 Å². The summed E-state index contributed by atoms with van der Waals surface area (Å²) in [7, 11) is 1.51. The molecule has 3 aromatic heterocycles. The van der Waals surface area contributed by atoms with Gasteiger partial charge in [-0.25, -0.2) is 14.5 Å². The Hall–Kier alpha value is -4.20. The molecule has 11 nitrogen and oxygen atoms in total. The first kappa shape index (κ1) is 24.5. The molecule has 5 rings (SSSR count). The lowest BCUT2D eigenvalue weighted by Gasteiger charge is -2.28. The van der Waals surface area contributed by atoms with Crippen LogP contribution < -0.4 is 15.8 Å². The number of nitrogens with one attached hydrogen (secondary N) is 1. The minimum absolute atomic E-state index is 0.0863. The SMILES string of the molecule is COc1ncc(-c2cc3c(N[C@@H]4C[C@@H]5CN(C(=O)C(C)(C)C#N)C[C@H]5[C@@H]4C)c(C(N)=O)cnn3c2)cn1. The van der Waals surface area contributed by atoms with E-state index in [4.69, 9.17) is 10.5 Å². The van der Waals surface area contributed by atoms with Crippen molar-refractivity contribution >= 4 is 23.0 Å². The van der Waals surface area contributed by atoms with Crippen LogP contribution in [0.25, 0.3) is 16.6 Å². The van der Waals surface area contributed by atoms with Gasteiger partial charge in [0.05, 0.1) is 36.1 Å². The fraction of sp³-hybridized carbons (Fsp3) is 0.462. The first-order chi connectivity index (χ1) is 17.6. The standard InChI is InChI=1S/C26H30N8O3/c1-14-19-12-33(24(36)26(2,3)13-27)10-16(19)5-20(14)32-22-18(23(28)35)9-31-34-11-15(6-21(22)34)17-7-29-25(37-4)30-8-17/h6-9,11,14,16,19-20,32H,5,10,12H2,1-4H3,(H2,28,35)/t14-,16+,19-,20+/m0/s1. The summed E-state index contributed by atoms with van der Waals surface area (Å²) in [6.07, 6.45) is 7.52. The predicted octanol–water partition coefficient (Wildman–Crippen LogP) is 2.34. The molecule has 2 aliphatic rings. The molecule has 2 amide bonds. The normalized spacial score (nSPS) is 23.1. The zero-order chi connectivity index (χ0) is 26.5. The summed E-state index contributed by atoms with van der Waals surface area (Å²) in [6, 6.07) is 4.41. The molecule has 37 heavy (non-hydrogen) atoms. The van der Waals surface area contributed by atoms with Crippen LogP contribution in [0.2, 0.25) is 0 Å². The number of hydrogen-bond donors (Lipinski definition) is 2. The topological polar surface area (TPSA) is 152 Å². The van der Waals surface area contributed by atoms with E-state index in [1.54, 1.807) is 30.8 Å². The van der Waals surface area contributed by atoms with Gasteiger partial charge in [0.15, 0.2) is 0 Å². The molecule has 1 saturated carbocycles. The molecule has 3 N–H and O–H groups in total. The van der Waals surface area contributed by atoms with Gasteiger partial charge in [0.25, 0.3) is 5.91 Å². The Morgan fingerprint density at radius 1 is 1.22 bits per heavy atom. The summed E-state index contributed by atoms with van der Waals surface area (Å²) in [6.45, 7) is 6.78. The smallest absolute Gasteiger partial charge is 0.316 e. The van der Waals surface area contributed by atoms with E-state index in [2.05, 4.69) is 33.4 Å². The highest BCUT2D eigenvalue weighted by Crippen LogP contribution is 2.45. The fourth-order valence-electron chi connectivity index (χ4n) is 5.69. The Morgan fingerprint density at radius 2 is 1.95 bits per heavy atom. The molecule has 2 fully saturated rings. The first-order valence-electron chi connectivity index (χ1n) is 12.3. The number of nitrogens with two attached hydrogens (primary N) is 1. The van der Waals surface area contributed by atoms with E-state index in [1.807, 2.05) is 17.2 Å². The second kappa shape index (κ2) is 9.03. The van der Waals surface area contributed by atoms with Crippen molar-refractivity contribution in [2.75, 3.05) is 25.5 Å². The molecule has 1 aliphatic heterocycles. The van der Waals surface area contributed by atoms with Gasteiger partial charge >= 0.3 is 6.01 Å². The Morgan fingerprint density at radius 3 is 2.57 bits per heavy atom. The molecule has 1 aliphatic carbocycles. The van der Waals surface area contributed by atoms with Crippen LogP contribution in [0.1, 0.15) is 37.6 Å². The number of amides is 2. The third kappa shape index (κ3) is 4.22. The monoisotopic (exact) mass is 502 g/mol. The number of anilines is 1. The Bertz CT molecular complexity index is 1410. The van der Waals surface area contributed by atoms with E-state index >= 15 is 0 Å². The fourth-order valence-corrected chi connectivity index (χ4v) is 5.69. The molecule has 0 spiro atoms. The van der Waals surface area contributed by atoms with Crippen molar-refractivity contribution in [2.24, 2.45) is 28.9 Å². The van der Waals surface area contributed by atoms with Gasteiger partial charge in [-0.05, 0) is 44.1 Å². The number of primary amides is 1. The van der Waals surface area contributed by atoms with Gasteiger partial charge in [-0.1, -0.05) is 6.92 Å². The molecule has 0 bridgehead atoms. The van der Waals surface area contributed by atoms with E-state index in [-0.39, 0.29) is 23.9 Å². The van der Waals surface area contributed by atoms with E-state index in [9.17, 15) is 14.9 Å². The van der Waals surface area contributed by atoms with Crippen LogP contribution in [0.5, 0.6) is 6.01 Å². The highest BCUT2D eigenvalue weighted by Gasteiger charge is 2.49. The lowest BCUT2D eigenvalue weighted by atomic mass is 9.92. The van der Waals surface area contributed by atoms with Crippen LogP contribution in [-0.4, -0.2) is 62.5 Å².